The van der Waals surface area contributed by atoms with Gasteiger partial charge in [-0.15, -0.1) is 11.8 Å². The van der Waals surface area contributed by atoms with E-state index in [2.05, 4.69) is 56.4 Å². The Morgan fingerprint density at radius 1 is 1.06 bits per heavy atom. The molecular weight excluding hydrogens is 238 g/mol. The van der Waals surface area contributed by atoms with Crippen LogP contribution in [0.5, 0.6) is 0 Å². The molecule has 1 nitrogen and oxygen atoms in total. The Hall–Kier alpha value is -0.470. The number of thioether (sulfide) groups is 1. The summed E-state index contributed by atoms with van der Waals surface area (Å²) in [6.45, 7) is 7.95. The molecule has 0 spiro atoms. The molecule has 1 rings (SSSR count). The second-order valence-electron chi connectivity index (χ2n) is 4.73. The van der Waals surface area contributed by atoms with Crippen LogP contribution < -0.4 is 5.32 Å². The molecule has 0 saturated carbocycles. The highest BCUT2D eigenvalue weighted by Gasteiger charge is 2.19. The molecule has 0 bridgehead atoms. The van der Waals surface area contributed by atoms with Crippen molar-refractivity contribution >= 4 is 11.8 Å². The van der Waals surface area contributed by atoms with Gasteiger partial charge in [0.1, 0.15) is 0 Å². The van der Waals surface area contributed by atoms with Crippen molar-refractivity contribution in [2.45, 2.75) is 62.6 Å². The Morgan fingerprint density at radius 3 is 2.33 bits per heavy atom. The molecular formula is C16H27NS. The molecule has 0 aliphatic carbocycles. The van der Waals surface area contributed by atoms with Crippen LogP contribution >= 0.6 is 11.8 Å². The van der Waals surface area contributed by atoms with Crippen LogP contribution in [0.3, 0.4) is 0 Å². The summed E-state index contributed by atoms with van der Waals surface area (Å²) >= 11 is 2.02. The van der Waals surface area contributed by atoms with E-state index in [1.165, 1.54) is 30.6 Å². The van der Waals surface area contributed by atoms with Crippen LogP contribution in [0.4, 0.5) is 0 Å². The molecule has 0 fully saturated rings. The zero-order valence-electron chi connectivity index (χ0n) is 12.0. The van der Waals surface area contributed by atoms with Gasteiger partial charge in [0.25, 0.3) is 0 Å². The standard InChI is InChI=1S/C16H27NS/c1-4-10-15(17-13-5-2)16(6-3)18-14-11-8-7-9-12-14/h7-9,11-12,15-17H,4-6,10,13H2,1-3H3. The van der Waals surface area contributed by atoms with Gasteiger partial charge in [0.2, 0.25) is 0 Å². The second kappa shape index (κ2) is 9.46. The first kappa shape index (κ1) is 15.6. The summed E-state index contributed by atoms with van der Waals surface area (Å²) in [5, 5.41) is 4.40. The van der Waals surface area contributed by atoms with Crippen molar-refractivity contribution in [3.63, 3.8) is 0 Å². The molecule has 0 aromatic heterocycles. The summed E-state index contributed by atoms with van der Waals surface area (Å²) in [7, 11) is 0. The van der Waals surface area contributed by atoms with Gasteiger partial charge in [-0.05, 0) is 37.9 Å². The van der Waals surface area contributed by atoms with E-state index in [9.17, 15) is 0 Å². The van der Waals surface area contributed by atoms with Gasteiger partial charge in [-0.3, -0.25) is 0 Å². The first-order chi connectivity index (χ1) is 8.81. The van der Waals surface area contributed by atoms with E-state index in [1.807, 2.05) is 11.8 Å². The average Bonchev–Trinajstić information content (AvgIpc) is 2.42. The highest BCUT2D eigenvalue weighted by molar-refractivity contribution is 8.00. The molecule has 1 aromatic carbocycles. The molecule has 0 aliphatic heterocycles. The van der Waals surface area contributed by atoms with Crippen LogP contribution in [0, 0.1) is 0 Å². The normalized spacial score (nSPS) is 14.4. The third-order valence-corrected chi connectivity index (χ3v) is 4.65. The summed E-state index contributed by atoms with van der Waals surface area (Å²) in [6.07, 6.45) is 4.97. The van der Waals surface area contributed by atoms with Crippen LogP contribution in [-0.2, 0) is 0 Å². The maximum atomic E-state index is 3.72. The maximum Gasteiger partial charge on any atom is 0.0245 e. The van der Waals surface area contributed by atoms with Crippen LogP contribution in [0.2, 0.25) is 0 Å². The van der Waals surface area contributed by atoms with Crippen molar-refractivity contribution < 1.29 is 0 Å². The fourth-order valence-corrected chi connectivity index (χ4v) is 3.41. The first-order valence-electron chi connectivity index (χ1n) is 7.26. The van der Waals surface area contributed by atoms with E-state index in [-0.39, 0.29) is 0 Å². The van der Waals surface area contributed by atoms with E-state index in [4.69, 9.17) is 0 Å². The minimum Gasteiger partial charge on any atom is -0.313 e. The molecule has 0 aliphatic rings. The lowest BCUT2D eigenvalue weighted by molar-refractivity contribution is 0.454. The summed E-state index contributed by atoms with van der Waals surface area (Å²) in [5.41, 5.74) is 0. The molecule has 102 valence electrons. The molecule has 2 heteroatoms. The van der Waals surface area contributed by atoms with Gasteiger partial charge in [-0.1, -0.05) is 45.4 Å². The lowest BCUT2D eigenvalue weighted by Crippen LogP contribution is -2.38. The largest absolute Gasteiger partial charge is 0.313 e. The molecule has 0 amide bonds. The molecule has 0 radical (unpaired) electrons. The van der Waals surface area contributed by atoms with E-state index in [0.29, 0.717) is 11.3 Å². The van der Waals surface area contributed by atoms with Crippen molar-refractivity contribution in [2.75, 3.05) is 6.54 Å². The van der Waals surface area contributed by atoms with Crippen LogP contribution in [0.25, 0.3) is 0 Å². The molecule has 2 atom stereocenters. The van der Waals surface area contributed by atoms with Gasteiger partial charge < -0.3 is 5.32 Å². The van der Waals surface area contributed by atoms with E-state index in [0.717, 1.165) is 6.54 Å². The predicted octanol–water partition coefficient (Wildman–Crippen LogP) is 4.73. The zero-order chi connectivity index (χ0) is 13.2. The minimum atomic E-state index is 0.644. The van der Waals surface area contributed by atoms with Gasteiger partial charge >= 0.3 is 0 Å². The Bertz CT molecular complexity index is 299. The number of rotatable bonds is 9. The quantitative estimate of drug-likeness (QED) is 0.648. The van der Waals surface area contributed by atoms with E-state index in [1.54, 1.807) is 0 Å². The summed E-state index contributed by atoms with van der Waals surface area (Å²) < 4.78 is 0. The Morgan fingerprint density at radius 2 is 1.78 bits per heavy atom. The van der Waals surface area contributed by atoms with E-state index >= 15 is 0 Å². The van der Waals surface area contributed by atoms with Crippen LogP contribution in [0.1, 0.15) is 46.5 Å². The fourth-order valence-electron chi connectivity index (χ4n) is 2.18. The Kier molecular flexibility index (Phi) is 8.19. The lowest BCUT2D eigenvalue weighted by Gasteiger charge is -2.26. The molecule has 1 N–H and O–H groups in total. The number of nitrogens with one attached hydrogen (secondary N) is 1. The fraction of sp³-hybridized carbons (Fsp3) is 0.625. The summed E-state index contributed by atoms with van der Waals surface area (Å²) in [4.78, 5) is 1.39. The third kappa shape index (κ3) is 5.45. The topological polar surface area (TPSA) is 12.0 Å². The molecule has 18 heavy (non-hydrogen) atoms. The lowest BCUT2D eigenvalue weighted by atomic mass is 10.1. The first-order valence-corrected chi connectivity index (χ1v) is 8.14. The monoisotopic (exact) mass is 265 g/mol. The van der Waals surface area contributed by atoms with Gasteiger partial charge in [-0.25, -0.2) is 0 Å². The molecule has 1 aromatic rings. The van der Waals surface area contributed by atoms with Gasteiger partial charge in [0.05, 0.1) is 0 Å². The third-order valence-electron chi connectivity index (χ3n) is 3.14. The zero-order valence-corrected chi connectivity index (χ0v) is 12.8. The second-order valence-corrected chi connectivity index (χ2v) is 6.04. The van der Waals surface area contributed by atoms with Crippen molar-refractivity contribution in [3.8, 4) is 0 Å². The summed E-state index contributed by atoms with van der Waals surface area (Å²) in [6, 6.07) is 11.4. The van der Waals surface area contributed by atoms with Crippen LogP contribution in [-0.4, -0.2) is 17.8 Å². The smallest absolute Gasteiger partial charge is 0.0245 e. The molecule has 2 unspecified atom stereocenters. The molecule has 0 heterocycles. The van der Waals surface area contributed by atoms with Gasteiger partial charge in [-0.2, -0.15) is 0 Å². The van der Waals surface area contributed by atoms with Gasteiger partial charge in [0, 0.05) is 16.2 Å². The van der Waals surface area contributed by atoms with Crippen LogP contribution in [0.15, 0.2) is 35.2 Å². The highest BCUT2D eigenvalue weighted by atomic mass is 32.2. The summed E-state index contributed by atoms with van der Waals surface area (Å²) in [5.74, 6) is 0. The Labute approximate surface area is 117 Å². The maximum absolute atomic E-state index is 3.72. The van der Waals surface area contributed by atoms with Crippen molar-refractivity contribution in [3.05, 3.63) is 30.3 Å². The van der Waals surface area contributed by atoms with Crippen molar-refractivity contribution in [1.82, 2.24) is 5.32 Å². The van der Waals surface area contributed by atoms with Gasteiger partial charge in [0.15, 0.2) is 0 Å². The number of hydrogen-bond donors (Lipinski definition) is 1. The average molecular weight is 265 g/mol. The SMILES string of the molecule is CCCNC(CCC)C(CC)Sc1ccccc1. The van der Waals surface area contributed by atoms with E-state index < -0.39 is 0 Å². The van der Waals surface area contributed by atoms with Crippen molar-refractivity contribution in [2.24, 2.45) is 0 Å². The number of benzene rings is 1. The Balaban J connectivity index is 2.60. The predicted molar refractivity (Wildman–Crippen MR) is 83.4 cm³/mol. The molecule has 0 saturated heterocycles. The highest BCUT2D eigenvalue weighted by Crippen LogP contribution is 2.28. The van der Waals surface area contributed by atoms with Crippen molar-refractivity contribution in [1.29, 1.82) is 0 Å². The number of hydrogen-bond acceptors (Lipinski definition) is 2. The minimum absolute atomic E-state index is 0.644.